The third-order valence-electron chi connectivity index (χ3n) is 2.47. The van der Waals surface area contributed by atoms with E-state index < -0.39 is 0 Å². The molecular formula is C13H13BrN2OS. The molecule has 0 spiro atoms. The van der Waals surface area contributed by atoms with Crippen molar-refractivity contribution in [3.63, 3.8) is 0 Å². The van der Waals surface area contributed by atoms with Gasteiger partial charge in [0, 0.05) is 22.1 Å². The van der Waals surface area contributed by atoms with Gasteiger partial charge in [0.15, 0.2) is 5.78 Å². The van der Waals surface area contributed by atoms with Crippen molar-refractivity contribution in [1.82, 2.24) is 9.78 Å². The van der Waals surface area contributed by atoms with Crippen molar-refractivity contribution in [3.8, 4) is 0 Å². The van der Waals surface area contributed by atoms with E-state index in [9.17, 15) is 4.79 Å². The van der Waals surface area contributed by atoms with Crippen molar-refractivity contribution in [2.24, 2.45) is 0 Å². The Morgan fingerprint density at radius 1 is 1.44 bits per heavy atom. The molecule has 2 aromatic rings. The van der Waals surface area contributed by atoms with Gasteiger partial charge in [0.1, 0.15) is 5.69 Å². The first kappa shape index (κ1) is 13.4. The number of thioether (sulfide) groups is 1. The fourth-order valence-electron chi connectivity index (χ4n) is 1.60. The summed E-state index contributed by atoms with van der Waals surface area (Å²) < 4.78 is 2.75. The molecule has 5 heteroatoms. The van der Waals surface area contributed by atoms with Gasteiger partial charge in [0.25, 0.3) is 0 Å². The molecule has 3 nitrogen and oxygen atoms in total. The first-order chi connectivity index (χ1) is 8.70. The van der Waals surface area contributed by atoms with Gasteiger partial charge in [-0.1, -0.05) is 22.0 Å². The van der Waals surface area contributed by atoms with Gasteiger partial charge in [-0.3, -0.25) is 9.48 Å². The monoisotopic (exact) mass is 324 g/mol. The van der Waals surface area contributed by atoms with Crippen molar-refractivity contribution < 1.29 is 4.79 Å². The van der Waals surface area contributed by atoms with Crippen molar-refractivity contribution >= 4 is 33.5 Å². The van der Waals surface area contributed by atoms with Crippen LogP contribution in [-0.2, 0) is 6.54 Å². The zero-order valence-corrected chi connectivity index (χ0v) is 12.4. The first-order valence-corrected chi connectivity index (χ1v) is 7.42. The van der Waals surface area contributed by atoms with E-state index in [0.717, 1.165) is 15.9 Å². The molecule has 1 heterocycles. The van der Waals surface area contributed by atoms with Crippen molar-refractivity contribution in [2.45, 2.75) is 18.4 Å². The third kappa shape index (κ3) is 3.23. The summed E-state index contributed by atoms with van der Waals surface area (Å²) in [7, 11) is 0. The van der Waals surface area contributed by atoms with Crippen molar-refractivity contribution in [2.75, 3.05) is 5.75 Å². The van der Waals surface area contributed by atoms with Crippen LogP contribution < -0.4 is 0 Å². The molecule has 94 valence electrons. The molecule has 0 N–H and O–H groups in total. The molecule has 0 fully saturated rings. The number of hydrogen-bond donors (Lipinski definition) is 0. The van der Waals surface area contributed by atoms with E-state index >= 15 is 0 Å². The number of hydrogen-bond acceptors (Lipinski definition) is 3. The van der Waals surface area contributed by atoms with Gasteiger partial charge in [-0.2, -0.15) is 5.10 Å². The number of rotatable bonds is 5. The molecule has 18 heavy (non-hydrogen) atoms. The maximum Gasteiger partial charge on any atom is 0.191 e. The standard InChI is InChI=1S/C13H13BrN2OS/c1-2-16-12(6-7-15-16)13(17)9-18-11-5-3-4-10(14)8-11/h3-8H,2,9H2,1H3. The Kier molecular flexibility index (Phi) is 4.60. The molecule has 0 bridgehead atoms. The smallest absolute Gasteiger partial charge is 0.191 e. The maximum absolute atomic E-state index is 12.1. The van der Waals surface area contributed by atoms with E-state index in [-0.39, 0.29) is 5.78 Å². The van der Waals surface area contributed by atoms with E-state index in [1.807, 2.05) is 31.2 Å². The zero-order valence-electron chi connectivity index (χ0n) is 9.97. The fraction of sp³-hybridized carbons (Fsp3) is 0.231. The number of aromatic nitrogens is 2. The Morgan fingerprint density at radius 3 is 3.00 bits per heavy atom. The molecule has 0 aliphatic carbocycles. The van der Waals surface area contributed by atoms with Crippen LogP contribution in [0, 0.1) is 0 Å². The van der Waals surface area contributed by atoms with Gasteiger partial charge < -0.3 is 0 Å². The minimum atomic E-state index is 0.110. The summed E-state index contributed by atoms with van der Waals surface area (Å²) in [6, 6.07) is 9.72. The number of aryl methyl sites for hydroxylation is 1. The molecule has 0 saturated carbocycles. The lowest BCUT2D eigenvalue weighted by Gasteiger charge is -2.04. The Balaban J connectivity index is 2.00. The largest absolute Gasteiger partial charge is 0.292 e. The van der Waals surface area contributed by atoms with E-state index in [2.05, 4.69) is 21.0 Å². The lowest BCUT2D eigenvalue weighted by Crippen LogP contribution is -2.11. The number of nitrogens with zero attached hydrogens (tertiary/aromatic N) is 2. The molecule has 0 saturated heterocycles. The summed E-state index contributed by atoms with van der Waals surface area (Å²) in [5.74, 6) is 0.543. The molecule has 1 aromatic heterocycles. The summed E-state index contributed by atoms with van der Waals surface area (Å²) in [6.07, 6.45) is 1.67. The molecule has 0 atom stereocenters. The number of carbonyl (C=O) groups excluding carboxylic acids is 1. The second-order valence-electron chi connectivity index (χ2n) is 3.70. The number of benzene rings is 1. The molecule has 2 rings (SSSR count). The van der Waals surface area contributed by atoms with E-state index in [1.165, 1.54) is 11.8 Å². The van der Waals surface area contributed by atoms with Crippen LogP contribution in [0.1, 0.15) is 17.4 Å². The summed E-state index contributed by atoms with van der Waals surface area (Å²) in [5.41, 5.74) is 0.681. The molecule has 0 unspecified atom stereocenters. The van der Waals surface area contributed by atoms with Gasteiger partial charge in [-0.15, -0.1) is 11.8 Å². The molecule has 0 radical (unpaired) electrons. The molecule has 1 aromatic carbocycles. The highest BCUT2D eigenvalue weighted by Gasteiger charge is 2.11. The van der Waals surface area contributed by atoms with Crippen molar-refractivity contribution in [1.29, 1.82) is 0 Å². The van der Waals surface area contributed by atoms with E-state index in [4.69, 9.17) is 0 Å². The van der Waals surface area contributed by atoms with Crippen molar-refractivity contribution in [3.05, 3.63) is 46.7 Å². The van der Waals surface area contributed by atoms with Crippen LogP contribution in [0.5, 0.6) is 0 Å². The quantitative estimate of drug-likeness (QED) is 0.622. The highest BCUT2D eigenvalue weighted by molar-refractivity contribution is 9.10. The summed E-state index contributed by atoms with van der Waals surface area (Å²) in [6.45, 7) is 2.70. The normalized spacial score (nSPS) is 10.6. The fourth-order valence-corrected chi connectivity index (χ4v) is 2.98. The second-order valence-corrected chi connectivity index (χ2v) is 5.67. The summed E-state index contributed by atoms with van der Waals surface area (Å²) in [4.78, 5) is 13.1. The third-order valence-corrected chi connectivity index (χ3v) is 3.95. The van der Waals surface area contributed by atoms with Crippen LogP contribution in [0.25, 0.3) is 0 Å². The average Bonchev–Trinajstić information content (AvgIpc) is 2.84. The second kappa shape index (κ2) is 6.20. The minimum absolute atomic E-state index is 0.110. The molecule has 0 aliphatic rings. The van der Waals surface area contributed by atoms with Crippen LogP contribution in [0.15, 0.2) is 45.9 Å². The van der Waals surface area contributed by atoms with Crippen LogP contribution in [-0.4, -0.2) is 21.3 Å². The predicted molar refractivity (Wildman–Crippen MR) is 77.1 cm³/mol. The Morgan fingerprint density at radius 2 is 2.28 bits per heavy atom. The predicted octanol–water partition coefficient (Wildman–Crippen LogP) is 3.64. The topological polar surface area (TPSA) is 34.9 Å². The lowest BCUT2D eigenvalue weighted by molar-refractivity contribution is 0.101. The van der Waals surface area contributed by atoms with Gasteiger partial charge in [0.05, 0.1) is 5.75 Å². The van der Waals surface area contributed by atoms with Gasteiger partial charge in [-0.25, -0.2) is 0 Å². The lowest BCUT2D eigenvalue weighted by atomic mass is 10.3. The Bertz CT molecular complexity index is 553. The van der Waals surface area contributed by atoms with Crippen LogP contribution in [0.3, 0.4) is 0 Å². The maximum atomic E-state index is 12.1. The van der Waals surface area contributed by atoms with Gasteiger partial charge in [-0.05, 0) is 31.2 Å². The number of halogens is 1. The van der Waals surface area contributed by atoms with Gasteiger partial charge in [0.2, 0.25) is 0 Å². The zero-order chi connectivity index (χ0) is 13.0. The number of carbonyl (C=O) groups is 1. The first-order valence-electron chi connectivity index (χ1n) is 5.64. The minimum Gasteiger partial charge on any atom is -0.292 e. The Hall–Kier alpha value is -1.07. The van der Waals surface area contributed by atoms with Crippen LogP contribution in [0.4, 0.5) is 0 Å². The van der Waals surface area contributed by atoms with Crippen LogP contribution >= 0.6 is 27.7 Å². The van der Waals surface area contributed by atoms with Crippen LogP contribution in [0.2, 0.25) is 0 Å². The SMILES string of the molecule is CCn1nccc1C(=O)CSc1cccc(Br)c1. The highest BCUT2D eigenvalue weighted by atomic mass is 79.9. The number of Topliss-reactive ketones (excluding diaryl/α,β-unsaturated/α-hetero) is 1. The van der Waals surface area contributed by atoms with E-state index in [1.54, 1.807) is 16.9 Å². The highest BCUT2D eigenvalue weighted by Crippen LogP contribution is 2.22. The molecule has 0 aliphatic heterocycles. The average molecular weight is 325 g/mol. The Labute approximate surface area is 119 Å². The van der Waals surface area contributed by atoms with Gasteiger partial charge >= 0.3 is 0 Å². The molecular weight excluding hydrogens is 312 g/mol. The van der Waals surface area contributed by atoms with E-state index in [0.29, 0.717) is 11.4 Å². The number of ketones is 1. The summed E-state index contributed by atoms with van der Waals surface area (Å²) >= 11 is 4.96. The molecule has 0 amide bonds. The summed E-state index contributed by atoms with van der Waals surface area (Å²) in [5, 5.41) is 4.10.